The lowest BCUT2D eigenvalue weighted by molar-refractivity contribution is -0.133. The maximum absolute atomic E-state index is 11.4. The van der Waals surface area contributed by atoms with Crippen LogP contribution in [0.25, 0.3) is 11.3 Å². The molecular formula is C26H33NO2. The largest absolute Gasteiger partial charge is 0.478 e. The average Bonchev–Trinajstić information content (AvgIpc) is 2.75. The van der Waals surface area contributed by atoms with E-state index < -0.39 is 5.97 Å². The van der Waals surface area contributed by atoms with Crippen LogP contribution in [0.2, 0.25) is 0 Å². The number of unbranched alkanes of at least 4 members (excludes halogenated alkanes) is 2. The highest BCUT2D eigenvalue weighted by atomic mass is 16.4. The van der Waals surface area contributed by atoms with Crippen molar-refractivity contribution in [2.75, 3.05) is 0 Å². The summed E-state index contributed by atoms with van der Waals surface area (Å²) in [6.07, 6.45) is 12.7. The predicted octanol–water partition coefficient (Wildman–Crippen LogP) is 6.79. The molecule has 3 rings (SSSR count). The fraction of sp³-hybridized carbons (Fsp3) is 0.462. The van der Waals surface area contributed by atoms with Gasteiger partial charge in [-0.05, 0) is 74.5 Å². The van der Waals surface area contributed by atoms with Gasteiger partial charge in [0.05, 0.1) is 5.69 Å². The molecule has 1 aliphatic carbocycles. The molecule has 0 amide bonds. The Morgan fingerprint density at radius 2 is 1.79 bits per heavy atom. The number of rotatable bonds is 8. The number of carboxylic acid groups (broad SMARTS) is 1. The number of nitrogens with zero attached hydrogens (tertiary/aromatic N) is 1. The number of allylic oxidation sites excluding steroid dienone is 1. The van der Waals surface area contributed by atoms with E-state index in [2.05, 4.69) is 48.3 Å². The Morgan fingerprint density at radius 1 is 1.07 bits per heavy atom. The van der Waals surface area contributed by atoms with Gasteiger partial charge in [0.15, 0.2) is 0 Å². The molecule has 1 saturated carbocycles. The molecule has 1 fully saturated rings. The molecule has 0 spiro atoms. The van der Waals surface area contributed by atoms with E-state index in [1.165, 1.54) is 30.4 Å². The lowest BCUT2D eigenvalue weighted by Gasteiger charge is -2.29. The second-order valence-electron chi connectivity index (χ2n) is 8.23. The molecule has 0 atom stereocenters. The summed E-state index contributed by atoms with van der Waals surface area (Å²) in [5.74, 6) is -0.0293. The molecule has 3 nitrogen and oxygen atoms in total. The third-order valence-electron chi connectivity index (χ3n) is 6.30. The van der Waals surface area contributed by atoms with E-state index in [1.807, 2.05) is 13.1 Å². The van der Waals surface area contributed by atoms with Crippen LogP contribution < -0.4 is 0 Å². The Labute approximate surface area is 174 Å². The summed E-state index contributed by atoms with van der Waals surface area (Å²) >= 11 is 0. The molecule has 0 saturated heterocycles. The first-order valence-corrected chi connectivity index (χ1v) is 11.1. The molecule has 2 aromatic rings. The highest BCUT2D eigenvalue weighted by molar-refractivity contribution is 5.87. The Bertz CT molecular complexity index is 813. The fourth-order valence-corrected chi connectivity index (χ4v) is 4.52. The fourth-order valence-electron chi connectivity index (χ4n) is 4.52. The smallest absolute Gasteiger partial charge is 0.331 e. The second kappa shape index (κ2) is 10.4. The van der Waals surface area contributed by atoms with Gasteiger partial charge in [0, 0.05) is 17.3 Å². The standard InChI is InChI=1S/C26H33NO2/c1-3-5-6-7-19-8-17-25(27-18-19)23-15-11-21(12-16-23)20-9-13-22(14-10-20)24(4-2)26(28)29/h4,8,11-12,15-18,20,22H,3,5-7,9-10,13-14H2,1-2H3,(H,28,29)/t20-,22-. The summed E-state index contributed by atoms with van der Waals surface area (Å²) in [5.41, 5.74) is 5.45. The highest BCUT2D eigenvalue weighted by Gasteiger charge is 2.27. The summed E-state index contributed by atoms with van der Waals surface area (Å²) < 4.78 is 0. The van der Waals surface area contributed by atoms with Crippen LogP contribution >= 0.6 is 0 Å². The molecule has 1 aromatic heterocycles. The number of pyridine rings is 1. The van der Waals surface area contributed by atoms with Crippen LogP contribution in [0.15, 0.2) is 54.2 Å². The number of benzene rings is 1. The van der Waals surface area contributed by atoms with E-state index in [4.69, 9.17) is 0 Å². The van der Waals surface area contributed by atoms with E-state index in [1.54, 1.807) is 6.08 Å². The zero-order valence-corrected chi connectivity index (χ0v) is 17.7. The van der Waals surface area contributed by atoms with E-state index in [0.29, 0.717) is 11.5 Å². The summed E-state index contributed by atoms with van der Waals surface area (Å²) in [5, 5.41) is 9.34. The maximum atomic E-state index is 11.4. The van der Waals surface area contributed by atoms with Gasteiger partial charge < -0.3 is 5.11 Å². The van der Waals surface area contributed by atoms with Crippen LogP contribution in [0.3, 0.4) is 0 Å². The normalized spacial score (nSPS) is 19.9. The van der Waals surface area contributed by atoms with Crippen LogP contribution in [0.1, 0.15) is 75.8 Å². The van der Waals surface area contributed by atoms with E-state index >= 15 is 0 Å². The molecule has 0 radical (unpaired) electrons. The minimum absolute atomic E-state index is 0.202. The number of carbonyl (C=O) groups is 1. The topological polar surface area (TPSA) is 50.2 Å². The summed E-state index contributed by atoms with van der Waals surface area (Å²) in [4.78, 5) is 16.0. The van der Waals surface area contributed by atoms with Crippen molar-refractivity contribution in [1.82, 2.24) is 4.98 Å². The van der Waals surface area contributed by atoms with Crippen LogP contribution in [0.5, 0.6) is 0 Å². The zero-order chi connectivity index (χ0) is 20.6. The van der Waals surface area contributed by atoms with Crippen molar-refractivity contribution >= 4 is 5.97 Å². The lowest BCUT2D eigenvalue weighted by atomic mass is 9.76. The SMILES string of the molecule is CC=C(C(=O)O)[C@H]1CC[C@H](c2ccc(-c3ccc(CCCCC)cn3)cc2)CC1. The first-order chi connectivity index (χ1) is 14.1. The van der Waals surface area contributed by atoms with Crippen molar-refractivity contribution < 1.29 is 9.90 Å². The summed E-state index contributed by atoms with van der Waals surface area (Å²) in [6, 6.07) is 13.1. The highest BCUT2D eigenvalue weighted by Crippen LogP contribution is 2.39. The van der Waals surface area contributed by atoms with Gasteiger partial charge in [-0.25, -0.2) is 4.79 Å². The van der Waals surface area contributed by atoms with Crippen LogP contribution in [-0.4, -0.2) is 16.1 Å². The number of hydrogen-bond acceptors (Lipinski definition) is 2. The molecular weight excluding hydrogens is 358 g/mol. The molecule has 1 aromatic carbocycles. The molecule has 1 heterocycles. The molecule has 0 bridgehead atoms. The Balaban J connectivity index is 1.59. The van der Waals surface area contributed by atoms with Gasteiger partial charge in [-0.15, -0.1) is 0 Å². The van der Waals surface area contributed by atoms with Gasteiger partial charge in [-0.3, -0.25) is 4.98 Å². The van der Waals surface area contributed by atoms with Gasteiger partial charge in [-0.1, -0.05) is 56.2 Å². The van der Waals surface area contributed by atoms with E-state index in [9.17, 15) is 9.90 Å². The van der Waals surface area contributed by atoms with Crippen molar-refractivity contribution in [3.05, 3.63) is 65.4 Å². The molecule has 154 valence electrons. The van der Waals surface area contributed by atoms with Crippen molar-refractivity contribution in [2.24, 2.45) is 5.92 Å². The summed E-state index contributed by atoms with van der Waals surface area (Å²) in [7, 11) is 0. The first kappa shape index (κ1) is 21.3. The molecule has 1 N–H and O–H groups in total. The lowest BCUT2D eigenvalue weighted by Crippen LogP contribution is -2.19. The first-order valence-electron chi connectivity index (χ1n) is 11.1. The minimum Gasteiger partial charge on any atom is -0.478 e. The quantitative estimate of drug-likeness (QED) is 0.398. The molecule has 29 heavy (non-hydrogen) atoms. The van der Waals surface area contributed by atoms with Gasteiger partial charge >= 0.3 is 5.97 Å². The molecule has 0 aliphatic heterocycles. The third kappa shape index (κ3) is 5.56. The van der Waals surface area contributed by atoms with Gasteiger partial charge in [0.25, 0.3) is 0 Å². The number of carboxylic acids is 1. The average molecular weight is 392 g/mol. The van der Waals surface area contributed by atoms with Crippen molar-refractivity contribution in [3.8, 4) is 11.3 Å². The summed E-state index contributed by atoms with van der Waals surface area (Å²) in [6.45, 7) is 4.06. The molecule has 0 unspecified atom stereocenters. The Kier molecular flexibility index (Phi) is 7.62. The Hall–Kier alpha value is -2.42. The van der Waals surface area contributed by atoms with E-state index in [-0.39, 0.29) is 5.92 Å². The number of hydrogen-bond donors (Lipinski definition) is 1. The second-order valence-corrected chi connectivity index (χ2v) is 8.23. The van der Waals surface area contributed by atoms with Gasteiger partial charge in [-0.2, -0.15) is 0 Å². The third-order valence-corrected chi connectivity index (χ3v) is 6.30. The molecule has 1 aliphatic rings. The maximum Gasteiger partial charge on any atom is 0.331 e. The monoisotopic (exact) mass is 391 g/mol. The predicted molar refractivity (Wildman–Crippen MR) is 119 cm³/mol. The van der Waals surface area contributed by atoms with Crippen LogP contribution in [0, 0.1) is 5.92 Å². The van der Waals surface area contributed by atoms with Gasteiger partial charge in [0.1, 0.15) is 0 Å². The van der Waals surface area contributed by atoms with Crippen LogP contribution in [-0.2, 0) is 11.2 Å². The van der Waals surface area contributed by atoms with Crippen molar-refractivity contribution in [3.63, 3.8) is 0 Å². The van der Waals surface area contributed by atoms with Crippen molar-refractivity contribution in [1.29, 1.82) is 0 Å². The van der Waals surface area contributed by atoms with Crippen molar-refractivity contribution in [2.45, 2.75) is 71.1 Å². The number of aliphatic carboxylic acids is 1. The zero-order valence-electron chi connectivity index (χ0n) is 17.7. The van der Waals surface area contributed by atoms with E-state index in [0.717, 1.165) is 43.4 Å². The number of aryl methyl sites for hydroxylation is 1. The number of aromatic nitrogens is 1. The van der Waals surface area contributed by atoms with Crippen LogP contribution in [0.4, 0.5) is 0 Å². The van der Waals surface area contributed by atoms with Gasteiger partial charge in [0.2, 0.25) is 0 Å². The molecule has 3 heteroatoms. The minimum atomic E-state index is -0.760. The Morgan fingerprint density at radius 3 is 2.34 bits per heavy atom.